The molecule has 0 saturated carbocycles. The third-order valence-electron chi connectivity index (χ3n) is 1.98. The van der Waals surface area contributed by atoms with Crippen molar-refractivity contribution >= 4 is 17.4 Å². The number of aryl methyl sites for hydroxylation is 1. The largest absolute Gasteiger partial charge is 0.380 e. The molecule has 1 aromatic heterocycles. The van der Waals surface area contributed by atoms with Crippen molar-refractivity contribution in [1.29, 1.82) is 0 Å². The van der Waals surface area contributed by atoms with Crippen LogP contribution in [-0.4, -0.2) is 36.8 Å². The number of hydrogen-bond donors (Lipinski definition) is 0. The highest BCUT2D eigenvalue weighted by Gasteiger charge is 2.04. The van der Waals surface area contributed by atoms with E-state index in [1.54, 1.807) is 0 Å². The molecule has 1 rings (SSSR count). The Balaban J connectivity index is 2.60. The van der Waals surface area contributed by atoms with Crippen molar-refractivity contribution in [1.82, 2.24) is 9.97 Å². The highest BCUT2D eigenvalue weighted by Crippen LogP contribution is 2.12. The number of rotatable bonds is 5. The molecule has 0 aliphatic heterocycles. The van der Waals surface area contributed by atoms with E-state index in [-0.39, 0.29) is 5.28 Å². The lowest BCUT2D eigenvalue weighted by Crippen LogP contribution is -2.23. The van der Waals surface area contributed by atoms with Crippen LogP contribution in [0.15, 0.2) is 6.07 Å². The molecule has 0 N–H and O–H groups in total. The van der Waals surface area contributed by atoms with Gasteiger partial charge in [-0.05, 0) is 25.4 Å². The van der Waals surface area contributed by atoms with Crippen LogP contribution in [0.3, 0.4) is 0 Å². The molecule has 4 nitrogen and oxygen atoms in total. The fraction of sp³-hybridized carbons (Fsp3) is 0.600. The van der Waals surface area contributed by atoms with Gasteiger partial charge in [0.25, 0.3) is 0 Å². The van der Waals surface area contributed by atoms with Crippen molar-refractivity contribution < 1.29 is 4.74 Å². The molecule has 1 heterocycles. The van der Waals surface area contributed by atoms with E-state index in [1.165, 1.54) is 0 Å². The Labute approximate surface area is 95.2 Å². The summed E-state index contributed by atoms with van der Waals surface area (Å²) in [4.78, 5) is 10.1. The van der Waals surface area contributed by atoms with Gasteiger partial charge in [0.1, 0.15) is 5.82 Å². The van der Waals surface area contributed by atoms with E-state index in [2.05, 4.69) is 9.97 Å². The quantitative estimate of drug-likeness (QED) is 0.571. The maximum Gasteiger partial charge on any atom is 0.224 e. The van der Waals surface area contributed by atoms with Gasteiger partial charge in [0, 0.05) is 32.0 Å². The highest BCUT2D eigenvalue weighted by molar-refractivity contribution is 6.28. The number of likely N-dealkylation sites (N-methyl/N-ethyl adjacent to an activating group) is 1. The summed E-state index contributed by atoms with van der Waals surface area (Å²) in [6.07, 6.45) is 0. The van der Waals surface area contributed by atoms with Crippen molar-refractivity contribution in [3.05, 3.63) is 17.0 Å². The van der Waals surface area contributed by atoms with Gasteiger partial charge in [0.15, 0.2) is 0 Å². The Bertz CT molecular complexity index is 299. The zero-order valence-corrected chi connectivity index (χ0v) is 10.1. The van der Waals surface area contributed by atoms with Crippen LogP contribution in [0.2, 0.25) is 5.28 Å². The van der Waals surface area contributed by atoms with E-state index in [0.29, 0.717) is 6.61 Å². The van der Waals surface area contributed by atoms with Gasteiger partial charge < -0.3 is 9.64 Å². The summed E-state index contributed by atoms with van der Waals surface area (Å²) < 4.78 is 5.27. The van der Waals surface area contributed by atoms with Crippen LogP contribution in [0.1, 0.15) is 12.6 Å². The first-order valence-corrected chi connectivity index (χ1v) is 5.31. The van der Waals surface area contributed by atoms with Gasteiger partial charge in [-0.2, -0.15) is 0 Å². The minimum absolute atomic E-state index is 0.285. The standard InChI is InChI=1S/C10H16ClN3O/c1-4-15-6-5-14(3)9-7-8(2)12-10(11)13-9/h7H,4-6H2,1-3H3. The molecule has 1 aromatic rings. The van der Waals surface area contributed by atoms with Gasteiger partial charge in [-0.1, -0.05) is 0 Å². The van der Waals surface area contributed by atoms with Crippen LogP contribution in [0.5, 0.6) is 0 Å². The predicted octanol–water partition coefficient (Wildman–Crippen LogP) is 1.91. The third-order valence-corrected chi connectivity index (χ3v) is 2.15. The molecule has 84 valence electrons. The second-order valence-corrected chi connectivity index (χ2v) is 3.59. The van der Waals surface area contributed by atoms with Gasteiger partial charge in [-0.15, -0.1) is 0 Å². The second kappa shape index (κ2) is 5.88. The number of anilines is 1. The number of ether oxygens (including phenoxy) is 1. The fourth-order valence-electron chi connectivity index (χ4n) is 1.17. The molecular formula is C10H16ClN3O. The average Bonchev–Trinajstić information content (AvgIpc) is 2.16. The van der Waals surface area contributed by atoms with Gasteiger partial charge in [-0.25, -0.2) is 9.97 Å². The van der Waals surface area contributed by atoms with Crippen LogP contribution in [-0.2, 0) is 4.74 Å². The summed E-state index contributed by atoms with van der Waals surface area (Å²) in [7, 11) is 1.96. The predicted molar refractivity (Wildman–Crippen MR) is 61.5 cm³/mol. The van der Waals surface area contributed by atoms with E-state index >= 15 is 0 Å². The number of halogens is 1. The van der Waals surface area contributed by atoms with Crippen molar-refractivity contribution in [2.45, 2.75) is 13.8 Å². The van der Waals surface area contributed by atoms with E-state index in [0.717, 1.165) is 24.7 Å². The maximum atomic E-state index is 5.78. The Morgan fingerprint density at radius 2 is 2.20 bits per heavy atom. The van der Waals surface area contributed by atoms with Gasteiger partial charge >= 0.3 is 0 Å². The Morgan fingerprint density at radius 3 is 2.80 bits per heavy atom. The van der Waals surface area contributed by atoms with E-state index in [1.807, 2.05) is 31.9 Å². The minimum atomic E-state index is 0.285. The summed E-state index contributed by atoms with van der Waals surface area (Å²) in [6, 6.07) is 1.90. The van der Waals surface area contributed by atoms with Crippen LogP contribution in [0, 0.1) is 6.92 Å². The maximum absolute atomic E-state index is 5.78. The lowest BCUT2D eigenvalue weighted by Gasteiger charge is -2.18. The molecule has 0 radical (unpaired) electrons. The molecule has 0 aliphatic rings. The number of nitrogens with zero attached hydrogens (tertiary/aromatic N) is 3. The zero-order valence-electron chi connectivity index (χ0n) is 9.33. The lowest BCUT2D eigenvalue weighted by molar-refractivity contribution is 0.154. The highest BCUT2D eigenvalue weighted by atomic mass is 35.5. The summed E-state index contributed by atoms with van der Waals surface area (Å²) in [5.41, 5.74) is 0.869. The van der Waals surface area contributed by atoms with Gasteiger partial charge in [-0.3, -0.25) is 0 Å². The summed E-state index contributed by atoms with van der Waals surface area (Å²) in [6.45, 7) is 6.09. The van der Waals surface area contributed by atoms with E-state index < -0.39 is 0 Å². The van der Waals surface area contributed by atoms with E-state index in [9.17, 15) is 0 Å². The molecule has 0 aliphatic carbocycles. The monoisotopic (exact) mass is 229 g/mol. The van der Waals surface area contributed by atoms with Gasteiger partial charge in [0.05, 0.1) is 6.61 Å². The molecule has 0 atom stereocenters. The minimum Gasteiger partial charge on any atom is -0.380 e. The molecule has 0 bridgehead atoms. The third kappa shape index (κ3) is 4.01. The molecule has 0 amide bonds. The Hall–Kier alpha value is -0.870. The van der Waals surface area contributed by atoms with Crippen molar-refractivity contribution in [3.8, 4) is 0 Å². The summed E-state index contributed by atoms with van der Waals surface area (Å²) in [5.74, 6) is 0.826. The van der Waals surface area contributed by atoms with Crippen LogP contribution < -0.4 is 4.90 Å². The molecule has 0 aromatic carbocycles. The van der Waals surface area contributed by atoms with Crippen LogP contribution in [0.4, 0.5) is 5.82 Å². The van der Waals surface area contributed by atoms with E-state index in [4.69, 9.17) is 16.3 Å². The first kappa shape index (κ1) is 12.2. The molecule has 15 heavy (non-hydrogen) atoms. The first-order chi connectivity index (χ1) is 7.13. The average molecular weight is 230 g/mol. The topological polar surface area (TPSA) is 38.2 Å². The normalized spacial score (nSPS) is 10.4. The Morgan fingerprint density at radius 1 is 1.47 bits per heavy atom. The van der Waals surface area contributed by atoms with Crippen LogP contribution >= 0.6 is 11.6 Å². The summed E-state index contributed by atoms with van der Waals surface area (Å²) >= 11 is 5.78. The molecule has 0 unspecified atom stereocenters. The number of hydrogen-bond acceptors (Lipinski definition) is 4. The molecule has 5 heteroatoms. The zero-order chi connectivity index (χ0) is 11.3. The molecule has 0 spiro atoms. The van der Waals surface area contributed by atoms with Crippen LogP contribution in [0.25, 0.3) is 0 Å². The molecule has 0 saturated heterocycles. The second-order valence-electron chi connectivity index (χ2n) is 3.26. The smallest absolute Gasteiger partial charge is 0.224 e. The molecule has 0 fully saturated rings. The number of aromatic nitrogens is 2. The lowest BCUT2D eigenvalue weighted by atomic mass is 10.4. The Kier molecular flexibility index (Phi) is 4.78. The molecular weight excluding hydrogens is 214 g/mol. The summed E-state index contributed by atoms with van der Waals surface area (Å²) in [5, 5.41) is 0.285. The fourth-order valence-corrected chi connectivity index (χ4v) is 1.39. The SMILES string of the molecule is CCOCCN(C)c1cc(C)nc(Cl)n1. The van der Waals surface area contributed by atoms with Gasteiger partial charge in [0.2, 0.25) is 5.28 Å². The van der Waals surface area contributed by atoms with Crippen molar-refractivity contribution in [2.75, 3.05) is 31.7 Å². The van der Waals surface area contributed by atoms with Crippen molar-refractivity contribution in [3.63, 3.8) is 0 Å². The van der Waals surface area contributed by atoms with Crippen molar-refractivity contribution in [2.24, 2.45) is 0 Å². The first-order valence-electron chi connectivity index (χ1n) is 4.93.